The van der Waals surface area contributed by atoms with Crippen LogP contribution in [0.1, 0.15) is 48.8 Å². The quantitative estimate of drug-likeness (QED) is 0.428. The molecule has 1 aromatic heterocycles. The molecule has 4 rings (SSSR count). The second-order valence-corrected chi connectivity index (χ2v) is 9.50. The van der Waals surface area contributed by atoms with Crippen molar-refractivity contribution in [2.24, 2.45) is 0 Å². The number of halogens is 2. The lowest BCUT2D eigenvalue weighted by atomic mass is 9.95. The number of nitrogens with zero attached hydrogens (tertiary/aromatic N) is 2. The third-order valence-corrected chi connectivity index (χ3v) is 6.67. The van der Waals surface area contributed by atoms with E-state index < -0.39 is 18.0 Å². The number of rotatable bonds is 6. The second kappa shape index (κ2) is 10.3. The highest BCUT2D eigenvalue weighted by molar-refractivity contribution is 6.35. The maximum atomic E-state index is 13.6. The van der Waals surface area contributed by atoms with Crippen LogP contribution in [0, 0.1) is 0 Å². The number of para-hydroxylation sites is 1. The van der Waals surface area contributed by atoms with Gasteiger partial charge in [0.15, 0.2) is 6.10 Å². The highest BCUT2D eigenvalue weighted by atomic mass is 35.5. The number of amides is 1. The van der Waals surface area contributed by atoms with Crippen LogP contribution in [0.4, 0.5) is 5.69 Å². The number of benzene rings is 2. The summed E-state index contributed by atoms with van der Waals surface area (Å²) in [6.45, 7) is 7.55. The number of esters is 1. The van der Waals surface area contributed by atoms with Gasteiger partial charge in [0.1, 0.15) is 0 Å². The van der Waals surface area contributed by atoms with Crippen LogP contribution < -0.4 is 5.32 Å². The van der Waals surface area contributed by atoms with E-state index in [0.29, 0.717) is 40.3 Å². The maximum absolute atomic E-state index is 13.6. The molecule has 1 aliphatic heterocycles. The maximum Gasteiger partial charge on any atom is 0.340 e. The predicted octanol–water partition coefficient (Wildman–Crippen LogP) is 5.88. The molecular formula is C26H27Cl2N3O3. The molecule has 1 atom stereocenters. The average molecular weight is 500 g/mol. The van der Waals surface area contributed by atoms with Crippen LogP contribution >= 0.6 is 23.2 Å². The van der Waals surface area contributed by atoms with E-state index in [9.17, 15) is 9.59 Å². The van der Waals surface area contributed by atoms with Gasteiger partial charge in [-0.15, -0.1) is 0 Å². The lowest BCUT2D eigenvalue weighted by molar-refractivity contribution is -0.124. The monoisotopic (exact) mass is 499 g/mol. The zero-order valence-corrected chi connectivity index (χ0v) is 20.9. The van der Waals surface area contributed by atoms with Crippen molar-refractivity contribution in [3.05, 3.63) is 69.3 Å². The van der Waals surface area contributed by atoms with Crippen LogP contribution in [0.25, 0.3) is 10.9 Å². The largest absolute Gasteiger partial charge is 0.449 e. The van der Waals surface area contributed by atoms with Crippen LogP contribution in [-0.2, 0) is 22.5 Å². The van der Waals surface area contributed by atoms with Crippen LogP contribution in [0.15, 0.2) is 42.5 Å². The van der Waals surface area contributed by atoms with Gasteiger partial charge < -0.3 is 10.1 Å². The molecule has 3 aromatic rings. The molecule has 2 heterocycles. The van der Waals surface area contributed by atoms with Crippen molar-refractivity contribution in [1.82, 2.24) is 9.88 Å². The number of carbonyl (C=O) groups is 2. The third kappa shape index (κ3) is 5.04. The van der Waals surface area contributed by atoms with Crippen LogP contribution in [0.2, 0.25) is 10.0 Å². The molecule has 8 heteroatoms. The third-order valence-electron chi connectivity index (χ3n) is 6.11. The van der Waals surface area contributed by atoms with Gasteiger partial charge in [0, 0.05) is 47.2 Å². The smallest absolute Gasteiger partial charge is 0.340 e. The number of ether oxygens (including phenoxy) is 1. The standard InChI is InChI=1S/C26H27Cl2N3O3/c1-4-23(25(32)30-22-13-16(27)9-10-19(22)28)34-26(33)24-17-7-5-6-8-20(17)29-21-11-12-31(15(2)3)14-18(21)24/h5-10,13,15,23H,4,11-12,14H2,1-3H3,(H,30,32). The van der Waals surface area contributed by atoms with Gasteiger partial charge in [0.25, 0.3) is 5.91 Å². The first-order valence-electron chi connectivity index (χ1n) is 11.4. The highest BCUT2D eigenvalue weighted by Crippen LogP contribution is 2.30. The summed E-state index contributed by atoms with van der Waals surface area (Å²) in [4.78, 5) is 33.6. The molecule has 1 N–H and O–H groups in total. The van der Waals surface area contributed by atoms with Gasteiger partial charge in [-0.2, -0.15) is 0 Å². The number of fused-ring (bicyclic) bond motifs is 2. The summed E-state index contributed by atoms with van der Waals surface area (Å²) in [6, 6.07) is 12.7. The van der Waals surface area contributed by atoms with E-state index in [4.69, 9.17) is 32.9 Å². The van der Waals surface area contributed by atoms with E-state index in [0.717, 1.165) is 35.1 Å². The molecule has 0 radical (unpaired) electrons. The first-order valence-corrected chi connectivity index (χ1v) is 12.2. The van der Waals surface area contributed by atoms with Gasteiger partial charge >= 0.3 is 5.97 Å². The van der Waals surface area contributed by atoms with Crippen molar-refractivity contribution in [3.63, 3.8) is 0 Å². The molecule has 0 spiro atoms. The van der Waals surface area contributed by atoms with Crippen molar-refractivity contribution in [2.75, 3.05) is 11.9 Å². The van der Waals surface area contributed by atoms with Gasteiger partial charge in [-0.3, -0.25) is 14.7 Å². The van der Waals surface area contributed by atoms with E-state index >= 15 is 0 Å². The molecule has 1 unspecified atom stereocenters. The van der Waals surface area contributed by atoms with E-state index in [-0.39, 0.29) is 0 Å². The Bertz CT molecular complexity index is 1250. The number of hydrogen-bond acceptors (Lipinski definition) is 5. The first kappa shape index (κ1) is 24.5. The Balaban J connectivity index is 1.66. The molecule has 0 saturated carbocycles. The average Bonchev–Trinajstić information content (AvgIpc) is 2.82. The SMILES string of the molecule is CCC(OC(=O)c1c2c(nc3ccccc13)CCN(C(C)C)C2)C(=O)Nc1cc(Cl)ccc1Cl. The van der Waals surface area contributed by atoms with E-state index in [2.05, 4.69) is 24.1 Å². The molecule has 6 nitrogen and oxygen atoms in total. The Labute approximate surface area is 209 Å². The van der Waals surface area contributed by atoms with Crippen LogP contribution in [-0.4, -0.2) is 40.5 Å². The van der Waals surface area contributed by atoms with Crippen molar-refractivity contribution in [1.29, 1.82) is 0 Å². The Morgan fingerprint density at radius 3 is 2.68 bits per heavy atom. The Morgan fingerprint density at radius 2 is 1.94 bits per heavy atom. The Hall–Kier alpha value is -2.67. The van der Waals surface area contributed by atoms with Gasteiger partial charge in [-0.05, 0) is 44.5 Å². The fourth-order valence-electron chi connectivity index (χ4n) is 4.20. The molecule has 178 valence electrons. The number of carbonyl (C=O) groups excluding carboxylic acids is 2. The zero-order valence-electron chi connectivity index (χ0n) is 19.4. The number of anilines is 1. The summed E-state index contributed by atoms with van der Waals surface area (Å²) in [7, 11) is 0. The van der Waals surface area contributed by atoms with Crippen molar-refractivity contribution in [3.8, 4) is 0 Å². The lowest BCUT2D eigenvalue weighted by Gasteiger charge is -2.32. The number of nitrogens with one attached hydrogen (secondary N) is 1. The number of pyridine rings is 1. The minimum absolute atomic E-state index is 0.305. The first-order chi connectivity index (χ1) is 16.3. The van der Waals surface area contributed by atoms with Gasteiger partial charge in [-0.25, -0.2) is 4.79 Å². The Morgan fingerprint density at radius 1 is 1.18 bits per heavy atom. The summed E-state index contributed by atoms with van der Waals surface area (Å²) < 4.78 is 5.79. The molecule has 0 fully saturated rings. The van der Waals surface area contributed by atoms with Gasteiger partial charge in [0.05, 0.1) is 21.8 Å². The van der Waals surface area contributed by atoms with E-state index in [1.807, 2.05) is 24.3 Å². The fourth-order valence-corrected chi connectivity index (χ4v) is 4.54. The summed E-state index contributed by atoms with van der Waals surface area (Å²) in [6.07, 6.45) is 0.0674. The summed E-state index contributed by atoms with van der Waals surface area (Å²) in [5.41, 5.74) is 3.38. The molecule has 2 aromatic carbocycles. The minimum atomic E-state index is -0.991. The topological polar surface area (TPSA) is 71.5 Å². The van der Waals surface area contributed by atoms with Crippen LogP contribution in [0.5, 0.6) is 0 Å². The van der Waals surface area contributed by atoms with E-state index in [1.165, 1.54) is 0 Å². The lowest BCUT2D eigenvalue weighted by Crippen LogP contribution is -2.38. The summed E-state index contributed by atoms with van der Waals surface area (Å²) in [5, 5.41) is 4.24. The number of hydrogen-bond donors (Lipinski definition) is 1. The fraction of sp³-hybridized carbons (Fsp3) is 0.346. The molecule has 0 bridgehead atoms. The van der Waals surface area contributed by atoms with Crippen molar-refractivity contribution in [2.45, 2.75) is 52.3 Å². The predicted molar refractivity (Wildman–Crippen MR) is 136 cm³/mol. The van der Waals surface area contributed by atoms with Crippen molar-refractivity contribution < 1.29 is 14.3 Å². The summed E-state index contributed by atoms with van der Waals surface area (Å²) in [5.74, 6) is -0.990. The molecular weight excluding hydrogens is 473 g/mol. The molecule has 0 saturated heterocycles. The van der Waals surface area contributed by atoms with Gasteiger partial charge in [0.2, 0.25) is 0 Å². The zero-order chi connectivity index (χ0) is 24.4. The minimum Gasteiger partial charge on any atom is -0.449 e. The normalized spacial score (nSPS) is 14.6. The molecule has 1 amide bonds. The van der Waals surface area contributed by atoms with Crippen LogP contribution in [0.3, 0.4) is 0 Å². The molecule has 1 aliphatic rings. The summed E-state index contributed by atoms with van der Waals surface area (Å²) >= 11 is 12.2. The van der Waals surface area contributed by atoms with Crippen molar-refractivity contribution >= 4 is 51.7 Å². The molecule has 0 aliphatic carbocycles. The van der Waals surface area contributed by atoms with E-state index in [1.54, 1.807) is 25.1 Å². The number of aromatic nitrogens is 1. The van der Waals surface area contributed by atoms with Gasteiger partial charge in [-0.1, -0.05) is 48.3 Å². The molecule has 34 heavy (non-hydrogen) atoms. The second-order valence-electron chi connectivity index (χ2n) is 8.66. The highest BCUT2D eigenvalue weighted by Gasteiger charge is 2.30. The Kier molecular flexibility index (Phi) is 7.41.